The van der Waals surface area contributed by atoms with Gasteiger partial charge in [0.1, 0.15) is 7.82 Å². The van der Waals surface area contributed by atoms with E-state index >= 15 is 0 Å². The summed E-state index contributed by atoms with van der Waals surface area (Å²) in [4.78, 5) is 34.4. The molecule has 0 spiro atoms. The number of phosphoric acid groups is 2. The van der Waals surface area contributed by atoms with Gasteiger partial charge in [0, 0.05) is 0 Å². The molecule has 0 saturated carbocycles. The zero-order chi connectivity index (χ0) is 8.41. The third-order valence-corrected chi connectivity index (χ3v) is 0.865. The Hall–Kier alpha value is 3.49. The summed E-state index contributed by atoms with van der Waals surface area (Å²) in [6, 6.07) is 0. The Balaban J connectivity index is -0.000000405. The fourth-order valence-corrected chi connectivity index (χ4v) is 0.758. The predicted octanol–water partition coefficient (Wildman–Crippen LogP) is -8.14. The molecule has 0 aromatic heterocycles. The van der Waals surface area contributed by atoms with Crippen molar-refractivity contribution in [3.63, 3.8) is 0 Å². The molecule has 2 N–H and O–H groups in total. The molecule has 0 aliphatic rings. The van der Waals surface area contributed by atoms with E-state index in [0.29, 0.717) is 0 Å². The summed E-state index contributed by atoms with van der Waals surface area (Å²) in [6.07, 6.45) is 0. The topological polar surface area (TPSA) is 139 Å². The second-order valence-corrected chi connectivity index (χ2v) is 3.26. The first-order chi connectivity index (χ1) is 4.21. The second-order valence-electron chi connectivity index (χ2n) is 1.09. The van der Waals surface area contributed by atoms with Crippen molar-refractivity contribution in [2.24, 2.45) is 0 Å². The molecule has 12 heavy (non-hydrogen) atoms. The minimum atomic E-state index is -5.48. The maximum atomic E-state index is 9.63. The monoisotopic (exact) mass is 270 g/mol. The van der Waals surface area contributed by atoms with Crippen molar-refractivity contribution < 1.29 is 141 Å². The average Bonchev–Trinajstić information content (AvgIpc) is 1.57. The summed E-state index contributed by atoms with van der Waals surface area (Å²) in [7, 11) is -10.5. The van der Waals surface area contributed by atoms with Crippen molar-refractivity contribution in [2.45, 2.75) is 0 Å². The van der Waals surface area contributed by atoms with Crippen LogP contribution in [0.2, 0.25) is 0 Å². The van der Waals surface area contributed by atoms with E-state index < -0.39 is 15.6 Å². The van der Waals surface area contributed by atoms with Crippen LogP contribution in [0.5, 0.6) is 0 Å². The molecule has 0 heterocycles. The molecule has 12 heteroatoms. The summed E-state index contributed by atoms with van der Waals surface area (Å²) in [5.41, 5.74) is 0. The van der Waals surface area contributed by atoms with Gasteiger partial charge in [0.15, 0.2) is 0 Å². The van der Waals surface area contributed by atoms with Gasteiger partial charge in [-0.25, -0.2) is 4.57 Å². The molecule has 0 atom stereocenters. The minimum Gasteiger partial charge on any atom is -0.788 e. The number of rotatable bonds is 3. The van der Waals surface area contributed by atoms with Crippen LogP contribution in [-0.2, 0) is 18.5 Å². The third-order valence-electron chi connectivity index (χ3n) is 0.222. The van der Waals surface area contributed by atoms with Gasteiger partial charge in [0.2, 0.25) is 0 Å². The first-order valence-electron chi connectivity index (χ1n) is 1.66. The fourth-order valence-electron chi connectivity index (χ4n) is 0.0842. The largest absolute Gasteiger partial charge is 1.00 e. The Morgan fingerprint density at radius 1 is 1.00 bits per heavy atom. The summed E-state index contributed by atoms with van der Waals surface area (Å²) < 4.78 is 24.7. The molecule has 0 radical (unpaired) electrons. The van der Waals surface area contributed by atoms with E-state index in [0.717, 1.165) is 0 Å². The van der Waals surface area contributed by atoms with Crippen LogP contribution in [0, 0.1) is 0 Å². The SMILES string of the molecule is O=P([O-])([O-])OOP(=O)(O)O.[K+].[K+]. The standard InChI is InChI=1S/2K.H4O8P2/c;;1-9(2,3)7-8-10(4,5)6/h;;(H2,1,2,3)(H2,4,5,6)/q2*+1;/p-2. The van der Waals surface area contributed by atoms with E-state index in [2.05, 4.69) is 9.35 Å². The van der Waals surface area contributed by atoms with Gasteiger partial charge in [-0.1, -0.05) is 0 Å². The molecule has 62 valence electrons. The molecule has 0 amide bonds. The van der Waals surface area contributed by atoms with Crippen LogP contribution < -0.4 is 113 Å². The molecule has 0 rings (SSSR count). The quantitative estimate of drug-likeness (QED) is 0.223. The molecule has 0 aliphatic carbocycles. The van der Waals surface area contributed by atoms with Crippen molar-refractivity contribution in [1.29, 1.82) is 0 Å². The van der Waals surface area contributed by atoms with Crippen LogP contribution in [-0.4, -0.2) is 9.79 Å². The van der Waals surface area contributed by atoms with E-state index in [9.17, 15) is 18.9 Å². The van der Waals surface area contributed by atoms with E-state index in [1.54, 1.807) is 0 Å². The van der Waals surface area contributed by atoms with Crippen LogP contribution in [0.3, 0.4) is 0 Å². The van der Waals surface area contributed by atoms with Crippen molar-refractivity contribution in [3.05, 3.63) is 0 Å². The van der Waals surface area contributed by atoms with Gasteiger partial charge in [0.05, 0.1) is 0 Å². The van der Waals surface area contributed by atoms with Crippen molar-refractivity contribution >= 4 is 15.6 Å². The van der Waals surface area contributed by atoms with Crippen LogP contribution in [0.1, 0.15) is 0 Å². The second kappa shape index (κ2) is 8.62. The van der Waals surface area contributed by atoms with Crippen molar-refractivity contribution in [3.8, 4) is 0 Å². The molecule has 0 saturated heterocycles. The zero-order valence-corrected chi connectivity index (χ0v) is 14.3. The number of hydrogen-bond donors (Lipinski definition) is 2. The summed E-state index contributed by atoms with van der Waals surface area (Å²) in [5.74, 6) is 0. The van der Waals surface area contributed by atoms with Gasteiger partial charge in [-0.05, 0) is 0 Å². The third kappa shape index (κ3) is 19.1. The molecule has 0 fully saturated rings. The molecule has 0 aromatic rings. The van der Waals surface area contributed by atoms with Gasteiger partial charge < -0.3 is 24.1 Å². The van der Waals surface area contributed by atoms with Crippen molar-refractivity contribution in [1.82, 2.24) is 0 Å². The summed E-state index contributed by atoms with van der Waals surface area (Å²) in [5, 5.41) is 0. The van der Waals surface area contributed by atoms with Gasteiger partial charge in [-0.3, -0.25) is 0 Å². The molecular formula is H2K2O8P2. The maximum absolute atomic E-state index is 9.63. The maximum Gasteiger partial charge on any atom is 1.00 e. The van der Waals surface area contributed by atoms with Gasteiger partial charge in [-0.2, -0.15) is 4.67 Å². The zero-order valence-electron chi connectivity index (χ0n) is 6.24. The normalized spacial score (nSPS) is 11.3. The van der Waals surface area contributed by atoms with Gasteiger partial charge >= 0.3 is 111 Å². The summed E-state index contributed by atoms with van der Waals surface area (Å²) >= 11 is 0. The Morgan fingerprint density at radius 3 is 1.42 bits per heavy atom. The van der Waals surface area contributed by atoms with E-state index in [-0.39, 0.29) is 103 Å². The first kappa shape index (κ1) is 20.9. The Labute approximate surface area is 153 Å². The molecule has 0 aliphatic heterocycles. The van der Waals surface area contributed by atoms with E-state index in [1.165, 1.54) is 0 Å². The molecule has 0 aromatic carbocycles. The Kier molecular flexibility index (Phi) is 15.0. The molecular weight excluding hydrogens is 268 g/mol. The van der Waals surface area contributed by atoms with Gasteiger partial charge in [-0.15, -0.1) is 4.67 Å². The first-order valence-corrected chi connectivity index (χ1v) is 4.65. The molecule has 0 unspecified atom stereocenters. The predicted molar refractivity (Wildman–Crippen MR) is 21.8 cm³/mol. The van der Waals surface area contributed by atoms with E-state index in [1.807, 2.05) is 0 Å². The smallest absolute Gasteiger partial charge is 0.788 e. The van der Waals surface area contributed by atoms with Crippen LogP contribution in [0.4, 0.5) is 0 Å². The molecule has 8 nitrogen and oxygen atoms in total. The molecule has 0 bridgehead atoms. The van der Waals surface area contributed by atoms with Crippen LogP contribution in [0.25, 0.3) is 0 Å². The van der Waals surface area contributed by atoms with E-state index in [4.69, 9.17) is 9.79 Å². The Morgan fingerprint density at radius 2 is 1.33 bits per heavy atom. The number of hydrogen-bond acceptors (Lipinski definition) is 6. The summed E-state index contributed by atoms with van der Waals surface area (Å²) in [6.45, 7) is 0. The van der Waals surface area contributed by atoms with Crippen LogP contribution >= 0.6 is 15.6 Å². The minimum absolute atomic E-state index is 0. The van der Waals surface area contributed by atoms with Gasteiger partial charge in [0.25, 0.3) is 0 Å². The van der Waals surface area contributed by atoms with Crippen LogP contribution in [0.15, 0.2) is 0 Å². The fraction of sp³-hybridized carbons (Fsp3) is 0. The van der Waals surface area contributed by atoms with Crippen molar-refractivity contribution in [2.75, 3.05) is 0 Å². The average molecular weight is 270 g/mol. The Bertz CT molecular complexity index is 165.